The average molecular weight is 232 g/mol. The molecule has 1 aliphatic carbocycles. The van der Waals surface area contributed by atoms with Crippen molar-refractivity contribution in [1.82, 2.24) is 0 Å². The van der Waals surface area contributed by atoms with Crippen LogP contribution in [0.3, 0.4) is 0 Å². The number of hydrogen-bond acceptors (Lipinski definition) is 3. The Bertz CT molecular complexity index is 441. The Morgan fingerprint density at radius 1 is 1.47 bits per heavy atom. The van der Waals surface area contributed by atoms with Gasteiger partial charge in [-0.1, -0.05) is 6.92 Å². The third kappa shape index (κ3) is 2.33. The second-order valence-corrected chi connectivity index (χ2v) is 5.37. The molecule has 1 heterocycles. The number of nitrogens with one attached hydrogen (secondary N) is 1. The minimum absolute atomic E-state index is 0.0399. The standard InChI is InChI=1S/C14H20N2O/c1-5-17-12-7-10(15)6-11-9(2)8-14(3,4)16-13(11)12/h6-7,9,15H,5,8H2,1-4H3. The van der Waals surface area contributed by atoms with Gasteiger partial charge in [0.05, 0.1) is 17.9 Å². The van der Waals surface area contributed by atoms with E-state index in [4.69, 9.17) is 15.1 Å². The van der Waals surface area contributed by atoms with Crippen molar-refractivity contribution in [3.63, 3.8) is 0 Å². The van der Waals surface area contributed by atoms with Crippen LogP contribution in [0.4, 0.5) is 0 Å². The lowest BCUT2D eigenvalue weighted by Gasteiger charge is -2.35. The number of rotatable bonds is 2. The maximum Gasteiger partial charge on any atom is 0.146 e. The molecule has 0 saturated carbocycles. The van der Waals surface area contributed by atoms with Crippen LogP contribution in [0.1, 0.15) is 34.1 Å². The van der Waals surface area contributed by atoms with Crippen LogP contribution < -0.4 is 0 Å². The van der Waals surface area contributed by atoms with Crippen molar-refractivity contribution >= 4 is 11.4 Å². The smallest absolute Gasteiger partial charge is 0.146 e. The Morgan fingerprint density at radius 2 is 2.18 bits per heavy atom. The molecular formula is C14H20N2O. The first-order valence-corrected chi connectivity index (χ1v) is 6.18. The SMILES string of the molecule is CCOC1=CC(=N)C=C2C1=NC(C)(C)CC2C. The monoisotopic (exact) mass is 232 g/mol. The zero-order valence-electron chi connectivity index (χ0n) is 11.0. The lowest BCUT2D eigenvalue weighted by Crippen LogP contribution is -2.34. The van der Waals surface area contributed by atoms with Gasteiger partial charge in [0.25, 0.3) is 0 Å². The molecule has 0 aromatic heterocycles. The number of fused-ring (bicyclic) bond motifs is 1. The lowest BCUT2D eigenvalue weighted by molar-refractivity contribution is 0.247. The predicted molar refractivity (Wildman–Crippen MR) is 70.8 cm³/mol. The van der Waals surface area contributed by atoms with E-state index < -0.39 is 0 Å². The van der Waals surface area contributed by atoms with Gasteiger partial charge < -0.3 is 10.1 Å². The Labute approximate surface area is 103 Å². The van der Waals surface area contributed by atoms with Crippen molar-refractivity contribution in [2.24, 2.45) is 10.9 Å². The molecule has 2 rings (SSSR count). The van der Waals surface area contributed by atoms with Crippen molar-refractivity contribution in [2.45, 2.75) is 39.7 Å². The summed E-state index contributed by atoms with van der Waals surface area (Å²) in [4.78, 5) is 4.78. The highest BCUT2D eigenvalue weighted by atomic mass is 16.5. The van der Waals surface area contributed by atoms with E-state index in [0.29, 0.717) is 18.2 Å². The van der Waals surface area contributed by atoms with Gasteiger partial charge in [0.2, 0.25) is 0 Å². The summed E-state index contributed by atoms with van der Waals surface area (Å²) >= 11 is 0. The predicted octanol–water partition coefficient (Wildman–Crippen LogP) is 3.13. The first-order chi connectivity index (χ1) is 7.93. The van der Waals surface area contributed by atoms with E-state index in [1.165, 1.54) is 0 Å². The van der Waals surface area contributed by atoms with E-state index >= 15 is 0 Å². The Balaban J connectivity index is 2.46. The van der Waals surface area contributed by atoms with Gasteiger partial charge in [-0.25, -0.2) is 0 Å². The number of aliphatic imine (C=N–C) groups is 1. The molecule has 0 spiro atoms. The summed E-state index contributed by atoms with van der Waals surface area (Å²) in [5.41, 5.74) is 2.57. The summed E-state index contributed by atoms with van der Waals surface area (Å²) in [6.45, 7) is 9.07. The first kappa shape index (κ1) is 12.1. The second-order valence-electron chi connectivity index (χ2n) is 5.37. The highest BCUT2D eigenvalue weighted by Gasteiger charge is 2.34. The van der Waals surface area contributed by atoms with Crippen molar-refractivity contribution in [3.05, 3.63) is 23.5 Å². The third-order valence-electron chi connectivity index (χ3n) is 3.16. The van der Waals surface area contributed by atoms with Crippen LogP contribution in [0.15, 0.2) is 28.5 Å². The molecule has 1 atom stereocenters. The fraction of sp³-hybridized carbons (Fsp3) is 0.571. The van der Waals surface area contributed by atoms with Crippen LogP contribution in [-0.4, -0.2) is 23.6 Å². The highest BCUT2D eigenvalue weighted by Crippen LogP contribution is 2.35. The summed E-state index contributed by atoms with van der Waals surface area (Å²) < 4.78 is 5.61. The molecule has 1 N–H and O–H groups in total. The van der Waals surface area contributed by atoms with Crippen LogP contribution in [0.25, 0.3) is 0 Å². The van der Waals surface area contributed by atoms with Gasteiger partial charge in [-0.2, -0.15) is 0 Å². The number of ether oxygens (including phenoxy) is 1. The summed E-state index contributed by atoms with van der Waals surface area (Å²) in [5.74, 6) is 1.19. The molecule has 0 aromatic carbocycles. The van der Waals surface area contributed by atoms with E-state index in [-0.39, 0.29) is 5.54 Å². The quantitative estimate of drug-likeness (QED) is 0.730. The summed E-state index contributed by atoms with van der Waals surface area (Å²) in [6.07, 6.45) is 4.70. The summed E-state index contributed by atoms with van der Waals surface area (Å²) in [5, 5.41) is 7.82. The average Bonchev–Trinajstić information content (AvgIpc) is 2.19. The lowest BCUT2D eigenvalue weighted by atomic mass is 9.79. The van der Waals surface area contributed by atoms with Crippen molar-refractivity contribution in [1.29, 1.82) is 5.41 Å². The Kier molecular flexibility index (Phi) is 2.94. The van der Waals surface area contributed by atoms with Gasteiger partial charge in [-0.3, -0.25) is 4.99 Å². The molecule has 1 aliphatic heterocycles. The molecule has 3 nitrogen and oxygen atoms in total. The normalized spacial score (nSPS) is 26.7. The minimum atomic E-state index is -0.0399. The van der Waals surface area contributed by atoms with Gasteiger partial charge in [0, 0.05) is 6.08 Å². The molecule has 0 bridgehead atoms. The largest absolute Gasteiger partial charge is 0.492 e. The van der Waals surface area contributed by atoms with Crippen molar-refractivity contribution in [2.75, 3.05) is 6.61 Å². The van der Waals surface area contributed by atoms with Crippen molar-refractivity contribution in [3.8, 4) is 0 Å². The van der Waals surface area contributed by atoms with E-state index in [2.05, 4.69) is 20.8 Å². The zero-order chi connectivity index (χ0) is 12.6. The van der Waals surface area contributed by atoms with E-state index in [9.17, 15) is 0 Å². The van der Waals surface area contributed by atoms with Crippen LogP contribution in [0.2, 0.25) is 0 Å². The van der Waals surface area contributed by atoms with Crippen LogP contribution in [-0.2, 0) is 4.74 Å². The molecule has 0 amide bonds. The van der Waals surface area contributed by atoms with Gasteiger partial charge >= 0.3 is 0 Å². The Morgan fingerprint density at radius 3 is 2.82 bits per heavy atom. The second kappa shape index (κ2) is 4.13. The number of hydrogen-bond donors (Lipinski definition) is 1. The summed E-state index contributed by atoms with van der Waals surface area (Å²) in [6, 6.07) is 0. The van der Waals surface area contributed by atoms with Crippen LogP contribution in [0, 0.1) is 11.3 Å². The van der Waals surface area contributed by atoms with Crippen LogP contribution >= 0.6 is 0 Å². The molecule has 3 heteroatoms. The first-order valence-electron chi connectivity index (χ1n) is 6.18. The molecule has 17 heavy (non-hydrogen) atoms. The maximum atomic E-state index is 7.82. The van der Waals surface area contributed by atoms with Crippen molar-refractivity contribution < 1.29 is 4.74 Å². The molecular weight excluding hydrogens is 212 g/mol. The molecule has 92 valence electrons. The van der Waals surface area contributed by atoms with E-state index in [1.54, 1.807) is 6.08 Å². The molecule has 0 saturated heterocycles. The zero-order valence-corrected chi connectivity index (χ0v) is 11.0. The highest BCUT2D eigenvalue weighted by molar-refractivity contribution is 6.23. The molecule has 1 unspecified atom stereocenters. The fourth-order valence-corrected chi connectivity index (χ4v) is 2.60. The van der Waals surface area contributed by atoms with Gasteiger partial charge in [0.1, 0.15) is 11.5 Å². The van der Waals surface area contributed by atoms with E-state index in [1.807, 2.05) is 13.0 Å². The molecule has 0 radical (unpaired) electrons. The summed E-state index contributed by atoms with van der Waals surface area (Å²) in [7, 11) is 0. The third-order valence-corrected chi connectivity index (χ3v) is 3.16. The molecule has 0 aromatic rings. The maximum absolute atomic E-state index is 7.82. The fourth-order valence-electron chi connectivity index (χ4n) is 2.60. The van der Waals surface area contributed by atoms with E-state index in [0.717, 1.165) is 23.5 Å². The Hall–Kier alpha value is -1.38. The molecule has 2 aliphatic rings. The minimum Gasteiger partial charge on any atom is -0.492 e. The number of nitrogens with zero attached hydrogens (tertiary/aromatic N) is 1. The van der Waals surface area contributed by atoms with Crippen LogP contribution in [0.5, 0.6) is 0 Å². The van der Waals surface area contributed by atoms with Gasteiger partial charge in [-0.15, -0.1) is 0 Å². The van der Waals surface area contributed by atoms with Gasteiger partial charge in [-0.05, 0) is 44.8 Å². The molecule has 0 fully saturated rings. The number of allylic oxidation sites excluding steroid dienone is 3. The van der Waals surface area contributed by atoms with Gasteiger partial charge in [0.15, 0.2) is 0 Å². The topological polar surface area (TPSA) is 45.4 Å².